The second-order valence-corrected chi connectivity index (χ2v) is 3.90. The van der Waals surface area contributed by atoms with Gasteiger partial charge in [0, 0.05) is 11.3 Å². The van der Waals surface area contributed by atoms with Gasteiger partial charge in [0.25, 0.3) is 0 Å². The average molecular weight is 206 g/mol. The Labute approximate surface area is 90.9 Å². The summed E-state index contributed by atoms with van der Waals surface area (Å²) in [6.07, 6.45) is 1.65. The van der Waals surface area contributed by atoms with Crippen molar-refractivity contribution >= 4 is 5.71 Å². The van der Waals surface area contributed by atoms with Gasteiger partial charge in [0.1, 0.15) is 5.75 Å². The lowest BCUT2D eigenvalue weighted by molar-refractivity contribution is 0.403. The topological polar surface area (TPSA) is 47.3 Å². The first-order valence-corrected chi connectivity index (χ1v) is 5.12. The number of benzene rings is 1. The molecule has 1 aromatic carbocycles. The van der Waals surface area contributed by atoms with Gasteiger partial charge in [-0.1, -0.05) is 12.1 Å². The zero-order valence-corrected chi connectivity index (χ0v) is 9.33. The van der Waals surface area contributed by atoms with Crippen LogP contribution in [0.4, 0.5) is 0 Å². The van der Waals surface area contributed by atoms with E-state index >= 15 is 0 Å². The highest BCUT2D eigenvalue weighted by Crippen LogP contribution is 2.17. The second kappa shape index (κ2) is 5.51. The summed E-state index contributed by atoms with van der Waals surface area (Å²) in [4.78, 5) is 2.10. The van der Waals surface area contributed by atoms with Gasteiger partial charge in [-0.3, -0.25) is 0 Å². The van der Waals surface area contributed by atoms with E-state index in [1.807, 2.05) is 20.2 Å². The summed E-state index contributed by atoms with van der Waals surface area (Å²) in [7, 11) is 4.03. The van der Waals surface area contributed by atoms with E-state index in [2.05, 4.69) is 4.90 Å². The molecule has 0 atom stereocenters. The maximum absolute atomic E-state index is 9.54. The van der Waals surface area contributed by atoms with Crippen molar-refractivity contribution in [1.82, 2.24) is 4.90 Å². The molecule has 0 aliphatic heterocycles. The van der Waals surface area contributed by atoms with Crippen LogP contribution in [0, 0.1) is 5.41 Å². The van der Waals surface area contributed by atoms with Crippen LogP contribution in [0.1, 0.15) is 18.4 Å². The Balaban J connectivity index is 2.51. The normalized spacial score (nSPS) is 10.6. The van der Waals surface area contributed by atoms with Gasteiger partial charge in [0.2, 0.25) is 0 Å². The fraction of sp³-hybridized carbons (Fsp3) is 0.417. The molecule has 0 aromatic heterocycles. The summed E-state index contributed by atoms with van der Waals surface area (Å²) in [5.41, 5.74) is 1.16. The van der Waals surface area contributed by atoms with Gasteiger partial charge >= 0.3 is 0 Å². The monoisotopic (exact) mass is 206 g/mol. The molecule has 0 fully saturated rings. The SMILES string of the molecule is CN(C)CCCC(=N)c1ccccc1O. The van der Waals surface area contributed by atoms with E-state index in [0.29, 0.717) is 17.7 Å². The maximum atomic E-state index is 9.54. The number of para-hydroxylation sites is 1. The molecule has 82 valence electrons. The van der Waals surface area contributed by atoms with Crippen LogP contribution in [0.3, 0.4) is 0 Å². The number of nitrogens with one attached hydrogen (secondary N) is 1. The Bertz CT molecular complexity index is 334. The smallest absolute Gasteiger partial charge is 0.124 e. The summed E-state index contributed by atoms with van der Waals surface area (Å²) in [5.74, 6) is 0.201. The molecule has 0 saturated heterocycles. The van der Waals surface area contributed by atoms with Crippen molar-refractivity contribution in [3.63, 3.8) is 0 Å². The minimum atomic E-state index is 0.201. The summed E-state index contributed by atoms with van der Waals surface area (Å²) < 4.78 is 0. The second-order valence-electron chi connectivity index (χ2n) is 3.90. The highest BCUT2D eigenvalue weighted by atomic mass is 16.3. The molecule has 15 heavy (non-hydrogen) atoms. The van der Waals surface area contributed by atoms with Crippen molar-refractivity contribution < 1.29 is 5.11 Å². The molecule has 0 unspecified atom stereocenters. The molecule has 0 heterocycles. The minimum absolute atomic E-state index is 0.201. The number of hydrogen-bond acceptors (Lipinski definition) is 3. The van der Waals surface area contributed by atoms with Crippen LogP contribution in [0.25, 0.3) is 0 Å². The molecule has 3 nitrogen and oxygen atoms in total. The van der Waals surface area contributed by atoms with E-state index in [4.69, 9.17) is 5.41 Å². The first kappa shape index (κ1) is 11.7. The number of aromatic hydroxyl groups is 1. The van der Waals surface area contributed by atoms with Gasteiger partial charge in [0.05, 0.1) is 0 Å². The standard InChI is InChI=1S/C12H18N2O/c1-14(2)9-5-7-11(13)10-6-3-4-8-12(10)15/h3-4,6,8,13,15H,5,7,9H2,1-2H3. The largest absolute Gasteiger partial charge is 0.507 e. The number of rotatable bonds is 5. The van der Waals surface area contributed by atoms with Crippen molar-refractivity contribution in [2.24, 2.45) is 0 Å². The predicted molar refractivity (Wildman–Crippen MR) is 62.7 cm³/mol. The van der Waals surface area contributed by atoms with Gasteiger partial charge in [-0.25, -0.2) is 0 Å². The molecule has 0 spiro atoms. The van der Waals surface area contributed by atoms with Crippen LogP contribution in [0.2, 0.25) is 0 Å². The Hall–Kier alpha value is -1.35. The average Bonchev–Trinajstić information content (AvgIpc) is 2.17. The zero-order valence-electron chi connectivity index (χ0n) is 9.33. The Morgan fingerprint density at radius 2 is 2.00 bits per heavy atom. The molecule has 0 bridgehead atoms. The number of phenols is 1. The molecule has 0 amide bonds. The lowest BCUT2D eigenvalue weighted by Crippen LogP contribution is -2.14. The number of hydrogen-bond donors (Lipinski definition) is 2. The lowest BCUT2D eigenvalue weighted by Gasteiger charge is -2.10. The quantitative estimate of drug-likeness (QED) is 0.725. The first-order chi connectivity index (χ1) is 7.11. The van der Waals surface area contributed by atoms with Crippen LogP contribution in [0.15, 0.2) is 24.3 Å². The summed E-state index contributed by atoms with van der Waals surface area (Å²) in [5, 5.41) is 17.4. The van der Waals surface area contributed by atoms with Crippen LogP contribution in [-0.2, 0) is 0 Å². The number of phenolic OH excluding ortho intramolecular Hbond substituents is 1. The molecule has 1 aromatic rings. The molecule has 3 heteroatoms. The van der Waals surface area contributed by atoms with Gasteiger partial charge in [-0.05, 0) is 45.6 Å². The molecule has 0 aliphatic rings. The molecule has 1 rings (SSSR count). The van der Waals surface area contributed by atoms with Gasteiger partial charge in [0.15, 0.2) is 0 Å². The Morgan fingerprint density at radius 3 is 2.60 bits per heavy atom. The summed E-state index contributed by atoms with van der Waals surface area (Å²) >= 11 is 0. The van der Waals surface area contributed by atoms with E-state index in [-0.39, 0.29) is 5.75 Å². The van der Waals surface area contributed by atoms with E-state index in [0.717, 1.165) is 13.0 Å². The number of nitrogens with zero attached hydrogens (tertiary/aromatic N) is 1. The van der Waals surface area contributed by atoms with Gasteiger partial charge < -0.3 is 15.4 Å². The Kier molecular flexibility index (Phi) is 4.31. The molecule has 0 saturated carbocycles. The van der Waals surface area contributed by atoms with Crippen LogP contribution in [0.5, 0.6) is 5.75 Å². The van der Waals surface area contributed by atoms with Crippen molar-refractivity contribution in [2.45, 2.75) is 12.8 Å². The van der Waals surface area contributed by atoms with Gasteiger partial charge in [-0.15, -0.1) is 0 Å². The van der Waals surface area contributed by atoms with E-state index in [1.165, 1.54) is 0 Å². The van der Waals surface area contributed by atoms with Crippen molar-refractivity contribution in [2.75, 3.05) is 20.6 Å². The van der Waals surface area contributed by atoms with Crippen LogP contribution >= 0.6 is 0 Å². The van der Waals surface area contributed by atoms with E-state index in [1.54, 1.807) is 18.2 Å². The van der Waals surface area contributed by atoms with Crippen LogP contribution in [-0.4, -0.2) is 36.4 Å². The third-order valence-electron chi connectivity index (χ3n) is 2.26. The molecular formula is C12H18N2O. The van der Waals surface area contributed by atoms with E-state index < -0.39 is 0 Å². The third-order valence-corrected chi connectivity index (χ3v) is 2.26. The fourth-order valence-corrected chi connectivity index (χ4v) is 1.44. The molecule has 2 N–H and O–H groups in total. The van der Waals surface area contributed by atoms with Crippen LogP contribution < -0.4 is 0 Å². The maximum Gasteiger partial charge on any atom is 0.124 e. The van der Waals surface area contributed by atoms with E-state index in [9.17, 15) is 5.11 Å². The van der Waals surface area contributed by atoms with Crippen molar-refractivity contribution in [1.29, 1.82) is 5.41 Å². The van der Waals surface area contributed by atoms with Crippen molar-refractivity contribution in [3.05, 3.63) is 29.8 Å². The van der Waals surface area contributed by atoms with Gasteiger partial charge in [-0.2, -0.15) is 0 Å². The summed E-state index contributed by atoms with van der Waals surface area (Å²) in [6, 6.07) is 7.02. The molecular weight excluding hydrogens is 188 g/mol. The predicted octanol–water partition coefficient (Wildman–Crippen LogP) is 2.10. The molecule has 0 radical (unpaired) electrons. The highest BCUT2D eigenvalue weighted by molar-refractivity contribution is 6.00. The minimum Gasteiger partial charge on any atom is -0.507 e. The molecule has 0 aliphatic carbocycles. The Morgan fingerprint density at radius 1 is 1.33 bits per heavy atom. The fourth-order valence-electron chi connectivity index (χ4n) is 1.44. The summed E-state index contributed by atoms with van der Waals surface area (Å²) in [6.45, 7) is 0.968. The lowest BCUT2D eigenvalue weighted by atomic mass is 10.0. The zero-order chi connectivity index (χ0) is 11.3. The first-order valence-electron chi connectivity index (χ1n) is 5.12. The third kappa shape index (κ3) is 3.72. The van der Waals surface area contributed by atoms with Crippen molar-refractivity contribution in [3.8, 4) is 5.75 Å². The highest BCUT2D eigenvalue weighted by Gasteiger charge is 2.05.